The van der Waals surface area contributed by atoms with E-state index in [1.165, 1.54) is 11.3 Å². The van der Waals surface area contributed by atoms with Gasteiger partial charge in [-0.2, -0.15) is 0 Å². The Hall–Kier alpha value is -0.360. The average molecular weight is 322 g/mol. The van der Waals surface area contributed by atoms with Crippen LogP contribution in [0.2, 0.25) is 4.34 Å². The lowest BCUT2D eigenvalue weighted by molar-refractivity contribution is 0.295. The summed E-state index contributed by atoms with van der Waals surface area (Å²) in [5.41, 5.74) is 0.878. The summed E-state index contributed by atoms with van der Waals surface area (Å²) < 4.78 is 3.59. The Labute approximate surface area is 111 Å². The van der Waals surface area contributed by atoms with Crippen LogP contribution >= 0.6 is 38.9 Å². The summed E-state index contributed by atoms with van der Waals surface area (Å²) >= 11 is 10.9. The van der Waals surface area contributed by atoms with Gasteiger partial charge in [-0.05, 0) is 28.1 Å². The fourth-order valence-corrected chi connectivity index (χ4v) is 3.12. The molecular formula is C10H10BrClN2OS. The van der Waals surface area contributed by atoms with Crippen molar-refractivity contribution in [3.05, 3.63) is 26.9 Å². The molecule has 0 aliphatic rings. The van der Waals surface area contributed by atoms with Crippen LogP contribution < -0.4 is 0 Å². The minimum atomic E-state index is 0.0991. The van der Waals surface area contributed by atoms with Crippen molar-refractivity contribution < 1.29 is 5.11 Å². The molecule has 16 heavy (non-hydrogen) atoms. The Morgan fingerprint density at radius 1 is 1.56 bits per heavy atom. The largest absolute Gasteiger partial charge is 0.396 e. The van der Waals surface area contributed by atoms with E-state index >= 15 is 0 Å². The zero-order chi connectivity index (χ0) is 11.7. The van der Waals surface area contributed by atoms with Gasteiger partial charge in [0.05, 0.1) is 15.8 Å². The first kappa shape index (κ1) is 12.1. The van der Waals surface area contributed by atoms with Crippen LogP contribution in [0.15, 0.2) is 16.7 Å². The van der Waals surface area contributed by atoms with Crippen LogP contribution in [-0.4, -0.2) is 21.3 Å². The summed E-state index contributed by atoms with van der Waals surface area (Å²) in [4.78, 5) is 5.52. The molecule has 0 fully saturated rings. The fourth-order valence-electron chi connectivity index (χ4n) is 1.44. The first-order chi connectivity index (χ1) is 7.63. The number of hydrogen-bond donors (Lipinski definition) is 1. The van der Waals surface area contributed by atoms with Crippen molar-refractivity contribution in [2.24, 2.45) is 7.05 Å². The molecule has 0 unspecified atom stereocenters. The van der Waals surface area contributed by atoms with Gasteiger partial charge in [-0.15, -0.1) is 11.3 Å². The van der Waals surface area contributed by atoms with Gasteiger partial charge in [0.2, 0.25) is 0 Å². The third-order valence-electron chi connectivity index (χ3n) is 2.26. The number of aliphatic hydroxyl groups is 1. The van der Waals surface area contributed by atoms with E-state index in [0.717, 1.165) is 25.3 Å². The van der Waals surface area contributed by atoms with Crippen LogP contribution in [0.4, 0.5) is 0 Å². The Morgan fingerprint density at radius 2 is 2.31 bits per heavy atom. The fraction of sp³-hybridized carbons (Fsp3) is 0.300. The normalized spacial score (nSPS) is 11.0. The van der Waals surface area contributed by atoms with Gasteiger partial charge >= 0.3 is 0 Å². The van der Waals surface area contributed by atoms with E-state index in [-0.39, 0.29) is 6.61 Å². The summed E-state index contributed by atoms with van der Waals surface area (Å²) in [6.07, 6.45) is 0.550. The number of thiophene rings is 1. The Balaban J connectivity index is 2.45. The van der Waals surface area contributed by atoms with Crippen molar-refractivity contribution >= 4 is 38.9 Å². The van der Waals surface area contributed by atoms with Crippen LogP contribution in [0.5, 0.6) is 0 Å². The first-order valence-electron chi connectivity index (χ1n) is 4.71. The Morgan fingerprint density at radius 3 is 2.88 bits per heavy atom. The van der Waals surface area contributed by atoms with Gasteiger partial charge in [0, 0.05) is 13.5 Å². The monoisotopic (exact) mass is 320 g/mol. The van der Waals surface area contributed by atoms with Gasteiger partial charge in [0.15, 0.2) is 0 Å². The second kappa shape index (κ2) is 4.87. The highest BCUT2D eigenvalue weighted by molar-refractivity contribution is 9.10. The molecule has 0 aliphatic carbocycles. The minimum Gasteiger partial charge on any atom is -0.396 e. The molecule has 2 aromatic heterocycles. The SMILES string of the molecule is Cn1c(CCO)nc(-c2ccc(Cl)s2)c1Br. The van der Waals surface area contributed by atoms with Crippen LogP contribution in [0.3, 0.4) is 0 Å². The second-order valence-electron chi connectivity index (χ2n) is 3.30. The maximum atomic E-state index is 8.93. The highest BCUT2D eigenvalue weighted by Crippen LogP contribution is 2.35. The molecule has 0 saturated heterocycles. The van der Waals surface area contributed by atoms with E-state index in [0.29, 0.717) is 6.42 Å². The molecule has 2 heterocycles. The highest BCUT2D eigenvalue weighted by atomic mass is 79.9. The van der Waals surface area contributed by atoms with Crippen molar-refractivity contribution in [3.8, 4) is 10.6 Å². The maximum Gasteiger partial charge on any atom is 0.113 e. The third-order valence-corrected chi connectivity index (χ3v) is 4.41. The molecule has 0 aliphatic heterocycles. The second-order valence-corrected chi connectivity index (χ2v) is 5.77. The lowest BCUT2D eigenvalue weighted by Gasteiger charge is -1.98. The molecule has 3 nitrogen and oxygen atoms in total. The highest BCUT2D eigenvalue weighted by Gasteiger charge is 2.15. The third kappa shape index (κ3) is 2.18. The quantitative estimate of drug-likeness (QED) is 0.943. The molecule has 0 atom stereocenters. The summed E-state index contributed by atoms with van der Waals surface area (Å²) in [6, 6.07) is 3.80. The summed E-state index contributed by atoms with van der Waals surface area (Å²) in [6.45, 7) is 0.0991. The minimum absolute atomic E-state index is 0.0991. The van der Waals surface area contributed by atoms with Gasteiger partial charge in [-0.3, -0.25) is 0 Å². The number of nitrogens with zero attached hydrogens (tertiary/aromatic N) is 2. The lowest BCUT2D eigenvalue weighted by atomic mass is 10.4. The van der Waals surface area contributed by atoms with Crippen molar-refractivity contribution in [2.45, 2.75) is 6.42 Å². The summed E-state index contributed by atoms with van der Waals surface area (Å²) in [7, 11) is 1.92. The Kier molecular flexibility index (Phi) is 3.69. The molecule has 0 spiro atoms. The lowest BCUT2D eigenvalue weighted by Crippen LogP contribution is -2.00. The van der Waals surface area contributed by atoms with Crippen molar-refractivity contribution in [1.29, 1.82) is 0 Å². The van der Waals surface area contributed by atoms with Gasteiger partial charge in [0.25, 0.3) is 0 Å². The standard InChI is InChI=1S/C10H10BrClN2OS/c1-14-8(4-5-15)13-9(10(14)11)6-2-3-7(12)16-6/h2-3,15H,4-5H2,1H3. The molecule has 6 heteroatoms. The molecule has 86 valence electrons. The van der Waals surface area contributed by atoms with Gasteiger partial charge < -0.3 is 9.67 Å². The number of hydrogen-bond acceptors (Lipinski definition) is 3. The number of imidazole rings is 1. The molecule has 0 bridgehead atoms. The molecule has 0 radical (unpaired) electrons. The number of halogens is 2. The van der Waals surface area contributed by atoms with Crippen LogP contribution in [0, 0.1) is 0 Å². The van der Waals surface area contributed by atoms with Crippen molar-refractivity contribution in [3.63, 3.8) is 0 Å². The van der Waals surface area contributed by atoms with Crippen molar-refractivity contribution in [2.75, 3.05) is 6.61 Å². The topological polar surface area (TPSA) is 38.0 Å². The average Bonchev–Trinajstić information content (AvgIpc) is 2.78. The van der Waals surface area contributed by atoms with E-state index in [9.17, 15) is 0 Å². The predicted molar refractivity (Wildman–Crippen MR) is 70.0 cm³/mol. The van der Waals surface area contributed by atoms with Crippen LogP contribution in [-0.2, 0) is 13.5 Å². The first-order valence-corrected chi connectivity index (χ1v) is 6.70. The van der Waals surface area contributed by atoms with E-state index in [1.54, 1.807) is 0 Å². The number of aromatic nitrogens is 2. The van der Waals surface area contributed by atoms with Crippen LogP contribution in [0.1, 0.15) is 5.82 Å². The predicted octanol–water partition coefficient (Wildman–Crippen LogP) is 3.10. The maximum absolute atomic E-state index is 8.93. The van der Waals surface area contributed by atoms with E-state index in [4.69, 9.17) is 16.7 Å². The molecule has 0 aromatic carbocycles. The van der Waals surface area contributed by atoms with Crippen molar-refractivity contribution in [1.82, 2.24) is 9.55 Å². The number of aliphatic hydroxyl groups excluding tert-OH is 1. The van der Waals surface area contributed by atoms with Gasteiger partial charge in [0.1, 0.15) is 16.1 Å². The molecular weight excluding hydrogens is 312 g/mol. The molecule has 2 aromatic rings. The molecule has 0 amide bonds. The van der Waals surface area contributed by atoms with E-state index in [1.807, 2.05) is 23.7 Å². The summed E-state index contributed by atoms with van der Waals surface area (Å²) in [5, 5.41) is 8.93. The molecule has 2 rings (SSSR count). The molecule has 1 N–H and O–H groups in total. The summed E-state index contributed by atoms with van der Waals surface area (Å²) in [5.74, 6) is 0.855. The van der Waals surface area contributed by atoms with Gasteiger partial charge in [-0.25, -0.2) is 4.98 Å². The van der Waals surface area contributed by atoms with E-state index in [2.05, 4.69) is 20.9 Å². The van der Waals surface area contributed by atoms with E-state index < -0.39 is 0 Å². The zero-order valence-electron chi connectivity index (χ0n) is 8.57. The zero-order valence-corrected chi connectivity index (χ0v) is 11.7. The molecule has 0 saturated carbocycles. The van der Waals surface area contributed by atoms with Crippen LogP contribution in [0.25, 0.3) is 10.6 Å². The Bertz CT molecular complexity index is 509. The number of rotatable bonds is 3. The van der Waals surface area contributed by atoms with Gasteiger partial charge in [-0.1, -0.05) is 11.6 Å². The smallest absolute Gasteiger partial charge is 0.113 e.